The van der Waals surface area contributed by atoms with E-state index in [1.54, 1.807) is 42.7 Å². The summed E-state index contributed by atoms with van der Waals surface area (Å²) >= 11 is 0. The molecule has 14 aromatic carbocycles. The fraction of sp³-hybridized carbons (Fsp3) is 0.0449. The van der Waals surface area contributed by atoms with E-state index in [2.05, 4.69) is 71.7 Å². The van der Waals surface area contributed by atoms with Gasteiger partial charge in [-0.3, -0.25) is 62.9 Å². The number of carbonyl (C=O) groups is 8. The first-order chi connectivity index (χ1) is 50.1. The van der Waals surface area contributed by atoms with Crippen LogP contribution in [0.15, 0.2) is 278 Å². The molecule has 0 saturated heterocycles. The second kappa shape index (κ2) is 24.5. The number of benzene rings is 14. The smallest absolute Gasteiger partial charge is 0.261 e. The molecule has 0 N–H and O–H groups in total. The van der Waals surface area contributed by atoms with Crippen LogP contribution < -0.4 is 0 Å². The van der Waals surface area contributed by atoms with E-state index in [4.69, 9.17) is 4.42 Å². The topological polar surface area (TPSA) is 176 Å². The van der Waals surface area contributed by atoms with Gasteiger partial charge in [-0.25, -0.2) is 0 Å². The number of hydrogen-bond donors (Lipinski definition) is 0. The molecule has 0 atom stereocenters. The van der Waals surface area contributed by atoms with Crippen LogP contribution in [0, 0.1) is 0 Å². The summed E-state index contributed by atoms with van der Waals surface area (Å²) in [4.78, 5) is 109. The molecule has 103 heavy (non-hydrogen) atoms. The van der Waals surface area contributed by atoms with Crippen molar-refractivity contribution in [3.05, 3.63) is 318 Å². The van der Waals surface area contributed by atoms with Gasteiger partial charge in [-0.2, -0.15) is 0 Å². The summed E-state index contributed by atoms with van der Waals surface area (Å²) in [5, 5.41) is 13.4. The molecule has 14 heteroatoms. The molecule has 20 rings (SSSR count). The van der Waals surface area contributed by atoms with Crippen molar-refractivity contribution in [1.29, 1.82) is 0 Å². The third kappa shape index (κ3) is 9.97. The zero-order chi connectivity index (χ0) is 70.6. The predicted molar refractivity (Wildman–Crippen MR) is 403 cm³/mol. The van der Waals surface area contributed by atoms with Gasteiger partial charge in [0, 0.05) is 123 Å². The lowest BCUT2D eigenvalue weighted by Crippen LogP contribution is -2.36. The molecule has 0 spiro atoms. The van der Waals surface area contributed by atoms with E-state index in [0.717, 1.165) is 120 Å². The fourth-order valence-corrected chi connectivity index (χ4v) is 15.1. The van der Waals surface area contributed by atoms with Crippen molar-refractivity contribution in [1.82, 2.24) is 24.6 Å². The zero-order valence-electron chi connectivity index (χ0n) is 55.9. The number of hydrogen-bond acceptors (Lipinski definition) is 10. The molecule has 16 aromatic rings. The second-order valence-corrected chi connectivity index (χ2v) is 25.8. The van der Waals surface area contributed by atoms with Crippen LogP contribution in [0.4, 0.5) is 0 Å². The van der Waals surface area contributed by atoms with Crippen molar-refractivity contribution < 1.29 is 42.8 Å². The molecule has 2 aromatic heterocycles. The van der Waals surface area contributed by atoms with Crippen molar-refractivity contribution in [3.8, 4) is 44.5 Å². The van der Waals surface area contributed by atoms with E-state index < -0.39 is 0 Å². The first-order valence-electron chi connectivity index (χ1n) is 33.5. The number of rotatable bonds is 4. The van der Waals surface area contributed by atoms with Crippen molar-refractivity contribution in [3.63, 3.8) is 0 Å². The average molecular weight is 1340 g/mol. The normalized spacial score (nSPS) is 13.7. The molecule has 0 radical (unpaired) electrons. The lowest BCUT2D eigenvalue weighted by atomic mass is 9.88. The minimum absolute atomic E-state index is 0.247. The Morgan fingerprint density at radius 3 is 1.03 bits per heavy atom. The highest BCUT2D eigenvalue weighted by atomic mass is 16.3. The molecule has 8 amide bonds. The number of nitrogens with zero attached hydrogens (tertiary/aromatic N) is 5. The molecule has 4 aliphatic heterocycles. The van der Waals surface area contributed by atoms with Gasteiger partial charge in [-0.15, -0.1) is 0 Å². The number of para-hydroxylation sites is 2. The molecule has 0 aliphatic carbocycles. The number of furan rings is 1. The van der Waals surface area contributed by atoms with Crippen molar-refractivity contribution in [2.75, 3.05) is 28.2 Å². The van der Waals surface area contributed by atoms with E-state index in [0.29, 0.717) is 49.9 Å². The summed E-state index contributed by atoms with van der Waals surface area (Å²) in [6.07, 6.45) is 3.46. The van der Waals surface area contributed by atoms with E-state index >= 15 is 0 Å². The van der Waals surface area contributed by atoms with Crippen molar-refractivity contribution >= 4 is 134 Å². The molecule has 0 unspecified atom stereocenters. The molecule has 0 saturated carbocycles. The summed E-state index contributed by atoms with van der Waals surface area (Å²) in [7, 11) is 6.10. The highest BCUT2D eigenvalue weighted by Gasteiger charge is 2.35. The Labute approximate surface area is 588 Å². The van der Waals surface area contributed by atoms with E-state index in [1.807, 2.05) is 164 Å². The highest BCUT2D eigenvalue weighted by molar-refractivity contribution is 6.31. The van der Waals surface area contributed by atoms with Gasteiger partial charge in [-0.1, -0.05) is 188 Å². The first kappa shape index (κ1) is 62.7. The second-order valence-electron chi connectivity index (χ2n) is 25.8. The van der Waals surface area contributed by atoms with E-state index in [-0.39, 0.29) is 47.3 Å². The number of aromatic nitrogens is 1. The maximum Gasteiger partial charge on any atom is 0.261 e. The van der Waals surface area contributed by atoms with Gasteiger partial charge in [-0.05, 0) is 155 Å². The third-order valence-electron chi connectivity index (χ3n) is 20.3. The molecule has 6 heterocycles. The summed E-state index contributed by atoms with van der Waals surface area (Å²) in [6, 6.07) is 84.6. The molecule has 0 fully saturated rings. The molecular weight excluding hydrogens is 1280 g/mol. The average Bonchev–Trinajstić information content (AvgIpc) is 0.976. The number of fused-ring (bicyclic) bond motifs is 5. The number of carbonyl (C=O) groups excluding carboxylic acids is 8. The fourth-order valence-electron chi connectivity index (χ4n) is 15.1. The van der Waals surface area contributed by atoms with Gasteiger partial charge in [0.1, 0.15) is 11.2 Å². The van der Waals surface area contributed by atoms with Gasteiger partial charge in [0.25, 0.3) is 47.3 Å². The predicted octanol–water partition coefficient (Wildman–Crippen LogP) is 18.5. The highest BCUT2D eigenvalue weighted by Crippen LogP contribution is 2.44. The van der Waals surface area contributed by atoms with Gasteiger partial charge < -0.3 is 4.42 Å². The Kier molecular flexibility index (Phi) is 14.9. The summed E-state index contributed by atoms with van der Waals surface area (Å²) in [5.41, 5.74) is 14.4. The standard InChI is InChI=1S/C25H15NO3.2C23H15NO2.C18H12N2O2/c1-26-24(27)19-10-4-7-16-14(12-13-20(22(16)19)25(26)28)17-8-5-9-18-15-6-2-3-11-21(15)29-23(17)18;1-24-22(25)19-11-5-10-18-17(12-13-20(21(18)19)23(24)26)16-9-4-7-14-6-2-3-8-15(14)16;1-24-22(25)19-8-4-7-18-17(11-12-20(21(18)19)23(24)26)16-10-9-14-5-2-3-6-15(14)13-16;1-20-17(21)14-4-2-3-13-12(11-7-9-19-10-8-11)5-6-15(16(13)14)18(20)22/h2-13H,1H3;2*2-13H,1H3;2-10H,1H3. The van der Waals surface area contributed by atoms with Crippen LogP contribution in [0.5, 0.6) is 0 Å². The molecule has 492 valence electrons. The number of imide groups is 4. The summed E-state index contributed by atoms with van der Waals surface area (Å²) < 4.78 is 6.20. The Bertz CT molecular complexity index is 6370. The monoisotopic (exact) mass is 1340 g/mol. The van der Waals surface area contributed by atoms with Crippen molar-refractivity contribution in [2.24, 2.45) is 0 Å². The number of amides is 8. The van der Waals surface area contributed by atoms with Crippen LogP contribution in [-0.4, -0.2) is 100 Å². The van der Waals surface area contributed by atoms with Gasteiger partial charge in [0.15, 0.2) is 0 Å². The summed E-state index contributed by atoms with van der Waals surface area (Å²) in [6.45, 7) is 0. The Morgan fingerprint density at radius 1 is 0.233 bits per heavy atom. The summed E-state index contributed by atoms with van der Waals surface area (Å²) in [5.74, 6) is -2.04. The van der Waals surface area contributed by atoms with E-state index in [1.165, 1.54) is 53.2 Å². The minimum atomic E-state index is -0.271. The Hall–Kier alpha value is -13.9. The van der Waals surface area contributed by atoms with Crippen LogP contribution in [0.25, 0.3) is 131 Å². The van der Waals surface area contributed by atoms with Crippen LogP contribution in [0.1, 0.15) is 82.9 Å². The van der Waals surface area contributed by atoms with Crippen LogP contribution in [0.2, 0.25) is 0 Å². The maximum absolute atomic E-state index is 12.7. The quantitative estimate of drug-likeness (QED) is 0.154. The molecular formula is C89H57N5O9. The molecule has 4 aliphatic rings. The third-order valence-corrected chi connectivity index (χ3v) is 20.3. The van der Waals surface area contributed by atoms with Crippen LogP contribution in [-0.2, 0) is 0 Å². The first-order valence-corrected chi connectivity index (χ1v) is 33.5. The Morgan fingerprint density at radius 2 is 0.544 bits per heavy atom. The maximum atomic E-state index is 12.7. The zero-order valence-corrected chi connectivity index (χ0v) is 55.9. The largest absolute Gasteiger partial charge is 0.455 e. The lowest BCUT2D eigenvalue weighted by Gasteiger charge is -2.24. The molecule has 0 bridgehead atoms. The minimum Gasteiger partial charge on any atom is -0.455 e. The lowest BCUT2D eigenvalue weighted by molar-refractivity contribution is 0.0635. The Balaban J connectivity index is 0.000000102. The number of pyridine rings is 1. The molecule has 14 nitrogen and oxygen atoms in total. The van der Waals surface area contributed by atoms with Gasteiger partial charge in [0.05, 0.1) is 0 Å². The van der Waals surface area contributed by atoms with Gasteiger partial charge >= 0.3 is 0 Å². The van der Waals surface area contributed by atoms with Crippen LogP contribution in [0.3, 0.4) is 0 Å². The van der Waals surface area contributed by atoms with Crippen molar-refractivity contribution in [2.45, 2.75) is 0 Å². The van der Waals surface area contributed by atoms with E-state index in [9.17, 15) is 38.4 Å². The SMILES string of the molecule is CN1C(=O)c2cccc3c(-c4ccc5ccccc5c4)ccc(c23)C1=O.CN1C(=O)c2cccc3c(-c4cccc5c4oc4ccccc45)ccc(c23)C1=O.CN1C(=O)c2cccc3c(-c4cccc5ccccc45)ccc(c23)C1=O.CN1C(=O)c2cccc3c(-c4ccncc4)ccc(c23)C1=O. The van der Waals surface area contributed by atoms with Gasteiger partial charge in [0.2, 0.25) is 0 Å². The van der Waals surface area contributed by atoms with Crippen LogP contribution >= 0.6 is 0 Å².